The zero-order chi connectivity index (χ0) is 33.2. The van der Waals surface area contributed by atoms with Crippen molar-refractivity contribution >= 4 is 52.3 Å². The fraction of sp³-hybridized carbons (Fsp3) is 0.0286. The third-order valence-electron chi connectivity index (χ3n) is 6.74. The molecule has 5 aromatic rings. The van der Waals surface area contributed by atoms with Gasteiger partial charge < -0.3 is 10.6 Å². The fourth-order valence-corrected chi connectivity index (χ4v) is 9.65. The van der Waals surface area contributed by atoms with Crippen LogP contribution in [0.15, 0.2) is 156 Å². The number of aryl methyl sites for hydroxylation is 1. The minimum atomic E-state index is -4.94. The van der Waals surface area contributed by atoms with Crippen molar-refractivity contribution in [2.75, 3.05) is 5.32 Å². The number of rotatable bonds is 8. The highest BCUT2D eigenvalue weighted by Gasteiger charge is 2.52. The van der Waals surface area contributed by atoms with Gasteiger partial charge in [-0.1, -0.05) is 90.5 Å². The number of anilines is 1. The molecule has 0 saturated carbocycles. The number of nitrogens with one attached hydrogen (secondary N) is 2. The van der Waals surface area contributed by atoms with E-state index in [-0.39, 0.29) is 10.5 Å². The van der Waals surface area contributed by atoms with E-state index < -0.39 is 29.3 Å². The first kappa shape index (κ1) is 34.5. The Bertz CT molecular complexity index is 1670. The second-order valence-corrected chi connectivity index (χ2v) is 14.6. The summed E-state index contributed by atoms with van der Waals surface area (Å²) in [6, 6.07) is 46.1. The van der Waals surface area contributed by atoms with Crippen LogP contribution in [0.5, 0.6) is 0 Å². The summed E-state index contributed by atoms with van der Waals surface area (Å²) in [6.45, 7) is 1.98. The lowest BCUT2D eigenvalue weighted by Crippen LogP contribution is -2.68. The monoisotopic (exact) mass is 674 g/mol. The number of halogens is 2. The minimum absolute atomic E-state index is 0.00554. The summed E-state index contributed by atoms with van der Waals surface area (Å²) in [4.78, 5) is 27.6. The van der Waals surface area contributed by atoms with Crippen LogP contribution < -0.4 is 45.2 Å². The molecule has 0 spiro atoms. The number of hydrogen-bond acceptors (Lipinski definition) is 6. The topological polar surface area (TPSA) is 150 Å². The normalized spacial score (nSPS) is 11.8. The smallest absolute Gasteiger partial charge is 0.277 e. The molecule has 0 radical (unpaired) electrons. The van der Waals surface area contributed by atoms with Gasteiger partial charge in [-0.15, -0.1) is 10.2 Å². The fourth-order valence-electron chi connectivity index (χ4n) is 4.72. The van der Waals surface area contributed by atoms with E-state index in [0.29, 0.717) is 11.3 Å². The molecular weight excluding hydrogens is 646 g/mol. The number of amides is 2. The van der Waals surface area contributed by atoms with E-state index in [1.165, 1.54) is 0 Å². The predicted molar refractivity (Wildman–Crippen MR) is 172 cm³/mol. The van der Waals surface area contributed by atoms with Gasteiger partial charge in [-0.2, -0.15) is 0 Å². The van der Waals surface area contributed by atoms with Crippen LogP contribution in [-0.4, -0.2) is 11.8 Å². The van der Waals surface area contributed by atoms with Crippen LogP contribution in [-0.2, 0) is 4.79 Å². The Morgan fingerprint density at radius 3 is 1.37 bits per heavy atom. The predicted octanol–water partition coefficient (Wildman–Crippen LogP) is 2.01. The maximum absolute atomic E-state index is 14.1. The highest BCUT2D eigenvalue weighted by atomic mass is 35.7. The van der Waals surface area contributed by atoms with Gasteiger partial charge in [0.15, 0.2) is 13.0 Å². The lowest BCUT2D eigenvalue weighted by atomic mass is 10.2. The molecular formula is C35H29Cl2N2O6P. The maximum Gasteiger partial charge on any atom is 0.277 e. The molecule has 0 saturated heterocycles. The van der Waals surface area contributed by atoms with Crippen LogP contribution in [0.4, 0.5) is 5.69 Å². The number of hydrogen-bond donors (Lipinski definition) is 2. The summed E-state index contributed by atoms with van der Waals surface area (Å²) in [6.07, 6.45) is 0. The van der Waals surface area contributed by atoms with Crippen molar-refractivity contribution in [2.45, 2.75) is 6.92 Å². The molecule has 5 aromatic carbocycles. The number of carbonyl (C=O) groups is 2. The zero-order valence-corrected chi connectivity index (χ0v) is 26.9. The molecule has 0 atom stereocenters. The Morgan fingerprint density at radius 1 is 0.609 bits per heavy atom. The summed E-state index contributed by atoms with van der Waals surface area (Å²) >= 11 is 7.54. The van der Waals surface area contributed by atoms with Gasteiger partial charge in [0.25, 0.3) is 11.8 Å². The van der Waals surface area contributed by atoms with Crippen molar-refractivity contribution < 1.29 is 38.5 Å². The molecule has 0 heterocycles. The third-order valence-corrected chi connectivity index (χ3v) is 11.7. The van der Waals surface area contributed by atoms with Gasteiger partial charge in [0.05, 0.1) is 0 Å². The SMILES string of the molecule is Cc1ccc(NC(=O)C(NC(=O)c2ccccc2)=C(Cl)[P+](c2ccccc2)(c2ccccc2)c2ccccc2)cc1.[O-][Cl+3]([O-])([O-])[O-]. The quantitative estimate of drug-likeness (QED) is 0.190. The van der Waals surface area contributed by atoms with Crippen molar-refractivity contribution in [3.63, 3.8) is 0 Å². The van der Waals surface area contributed by atoms with E-state index in [0.717, 1.165) is 21.5 Å². The number of carbonyl (C=O) groups excluding carboxylic acids is 2. The van der Waals surface area contributed by atoms with Crippen LogP contribution in [0.3, 0.4) is 0 Å². The Kier molecular flexibility index (Phi) is 11.8. The third kappa shape index (κ3) is 8.88. The van der Waals surface area contributed by atoms with Gasteiger partial charge in [-0.3, -0.25) is 9.59 Å². The van der Waals surface area contributed by atoms with E-state index in [9.17, 15) is 9.59 Å². The van der Waals surface area contributed by atoms with Gasteiger partial charge in [0.1, 0.15) is 15.9 Å². The molecule has 0 fully saturated rings. The minimum Gasteiger partial charge on any atom is -0.321 e. The Balaban J connectivity index is 0.000000892. The molecule has 0 unspecified atom stereocenters. The summed E-state index contributed by atoms with van der Waals surface area (Å²) in [5.74, 6) is -0.930. The lowest BCUT2D eigenvalue weighted by molar-refractivity contribution is -2.00. The largest absolute Gasteiger partial charge is 0.321 e. The van der Waals surface area contributed by atoms with E-state index in [1.807, 2.05) is 128 Å². The van der Waals surface area contributed by atoms with Gasteiger partial charge in [0.2, 0.25) is 4.77 Å². The molecule has 2 amide bonds. The van der Waals surface area contributed by atoms with Gasteiger partial charge >= 0.3 is 0 Å². The highest BCUT2D eigenvalue weighted by molar-refractivity contribution is 8.00. The molecule has 0 aliphatic carbocycles. The maximum atomic E-state index is 14.1. The first-order valence-electron chi connectivity index (χ1n) is 13.8. The van der Waals surface area contributed by atoms with Crippen LogP contribution in [0.1, 0.15) is 15.9 Å². The van der Waals surface area contributed by atoms with E-state index >= 15 is 0 Å². The van der Waals surface area contributed by atoms with Crippen molar-refractivity contribution in [2.24, 2.45) is 0 Å². The molecule has 46 heavy (non-hydrogen) atoms. The standard InChI is InChI=1S/C35H28ClN2O2P.ClHO4/c1-26-22-24-28(25-23-26)37-35(40)32(38-34(39)27-14-6-2-7-15-27)33(36)41(29-16-8-3-9-17-29,30-18-10-4-11-19-30)31-20-12-5-13-21-31;2-1(3,4)5/h2-25H,1H3,(H-,37,38,39,40);(H,2,3,4,5). The molecule has 8 nitrogen and oxygen atoms in total. The first-order chi connectivity index (χ1) is 22.0. The average molecular weight is 676 g/mol. The molecule has 234 valence electrons. The molecule has 5 rings (SSSR count). The van der Waals surface area contributed by atoms with Gasteiger partial charge in [-0.25, -0.2) is 18.6 Å². The van der Waals surface area contributed by atoms with Crippen molar-refractivity contribution in [3.05, 3.63) is 167 Å². The molecule has 0 aliphatic rings. The van der Waals surface area contributed by atoms with Gasteiger partial charge in [-0.05, 0) is 79.2 Å². The van der Waals surface area contributed by atoms with Crippen LogP contribution >= 0.6 is 18.9 Å². The highest BCUT2D eigenvalue weighted by Crippen LogP contribution is 2.64. The van der Waals surface area contributed by atoms with Crippen LogP contribution in [0, 0.1) is 17.2 Å². The van der Waals surface area contributed by atoms with Crippen molar-refractivity contribution in [1.82, 2.24) is 5.32 Å². The second-order valence-electron chi connectivity index (χ2n) is 9.86. The Morgan fingerprint density at radius 2 is 0.978 bits per heavy atom. The summed E-state index contributed by atoms with van der Waals surface area (Å²) in [5.41, 5.74) is 2.09. The van der Waals surface area contributed by atoms with E-state index in [4.69, 9.17) is 30.2 Å². The molecule has 2 N–H and O–H groups in total. The van der Waals surface area contributed by atoms with Crippen molar-refractivity contribution in [1.29, 1.82) is 0 Å². The van der Waals surface area contributed by atoms with Crippen molar-refractivity contribution in [3.8, 4) is 0 Å². The molecule has 11 heteroatoms. The Labute approximate surface area is 274 Å². The van der Waals surface area contributed by atoms with E-state index in [2.05, 4.69) is 10.6 Å². The summed E-state index contributed by atoms with van der Waals surface area (Å²) in [5, 5.41) is 8.73. The summed E-state index contributed by atoms with van der Waals surface area (Å²) < 4.78 is 34.2. The second kappa shape index (κ2) is 15.8. The first-order valence-corrected chi connectivity index (χ1v) is 17.2. The molecule has 0 aliphatic heterocycles. The Hall–Kier alpha value is -4.37. The van der Waals surface area contributed by atoms with Gasteiger partial charge in [0, 0.05) is 11.3 Å². The van der Waals surface area contributed by atoms with Crippen LogP contribution in [0.25, 0.3) is 0 Å². The lowest BCUT2D eigenvalue weighted by Gasteiger charge is -2.28. The molecule has 0 aromatic heterocycles. The summed E-state index contributed by atoms with van der Waals surface area (Å²) in [7, 11) is -7.79. The van der Waals surface area contributed by atoms with Crippen LogP contribution in [0.2, 0.25) is 0 Å². The van der Waals surface area contributed by atoms with E-state index in [1.54, 1.807) is 24.3 Å². The number of benzene rings is 5. The molecule has 0 bridgehead atoms. The zero-order valence-electron chi connectivity index (χ0n) is 24.5. The average Bonchev–Trinajstić information content (AvgIpc) is 3.06.